The standard InChI is InChI=1S/C15H33N3O2/c1-7-10-18(12-11-17(5)6)13-15(4,16-8-2)14(19)20-9-3/h16H,7-13H2,1-6H3. The van der Waals surface area contributed by atoms with E-state index in [9.17, 15) is 4.79 Å². The van der Waals surface area contributed by atoms with Gasteiger partial charge in [-0.15, -0.1) is 0 Å². The summed E-state index contributed by atoms with van der Waals surface area (Å²) in [4.78, 5) is 16.7. The molecule has 20 heavy (non-hydrogen) atoms. The Morgan fingerprint density at radius 1 is 1.15 bits per heavy atom. The van der Waals surface area contributed by atoms with E-state index in [1.165, 1.54) is 0 Å². The highest BCUT2D eigenvalue weighted by Crippen LogP contribution is 2.10. The van der Waals surface area contributed by atoms with Gasteiger partial charge in [-0.2, -0.15) is 0 Å². The topological polar surface area (TPSA) is 44.8 Å². The minimum absolute atomic E-state index is 0.159. The van der Waals surface area contributed by atoms with Gasteiger partial charge in [0.05, 0.1) is 6.61 Å². The fourth-order valence-corrected chi connectivity index (χ4v) is 2.25. The van der Waals surface area contributed by atoms with Gasteiger partial charge < -0.3 is 15.0 Å². The van der Waals surface area contributed by atoms with Crippen LogP contribution in [-0.2, 0) is 9.53 Å². The first-order chi connectivity index (χ1) is 9.39. The third-order valence-corrected chi connectivity index (χ3v) is 3.24. The Bertz CT molecular complexity index is 272. The monoisotopic (exact) mass is 287 g/mol. The van der Waals surface area contributed by atoms with Crippen LogP contribution in [0.3, 0.4) is 0 Å². The molecule has 1 N–H and O–H groups in total. The molecule has 5 nitrogen and oxygen atoms in total. The lowest BCUT2D eigenvalue weighted by molar-refractivity contribution is -0.151. The van der Waals surface area contributed by atoms with Crippen molar-refractivity contribution in [3.05, 3.63) is 0 Å². The zero-order chi connectivity index (χ0) is 15.6. The predicted octanol–water partition coefficient (Wildman–Crippen LogP) is 1.19. The van der Waals surface area contributed by atoms with Gasteiger partial charge in [0.1, 0.15) is 5.54 Å². The number of hydrogen-bond donors (Lipinski definition) is 1. The van der Waals surface area contributed by atoms with E-state index in [1.807, 2.05) is 20.8 Å². The number of ether oxygens (including phenoxy) is 1. The highest BCUT2D eigenvalue weighted by atomic mass is 16.5. The molecule has 120 valence electrons. The molecule has 0 fully saturated rings. The van der Waals surface area contributed by atoms with E-state index >= 15 is 0 Å². The second-order valence-electron chi connectivity index (χ2n) is 5.66. The maximum atomic E-state index is 12.2. The third kappa shape index (κ3) is 7.22. The molecule has 5 heteroatoms. The second-order valence-corrected chi connectivity index (χ2v) is 5.66. The van der Waals surface area contributed by atoms with Gasteiger partial charge in [-0.3, -0.25) is 9.69 Å². The van der Waals surface area contributed by atoms with E-state index in [0.717, 1.165) is 32.6 Å². The van der Waals surface area contributed by atoms with Gasteiger partial charge in [0.2, 0.25) is 0 Å². The first-order valence-corrected chi connectivity index (χ1v) is 7.68. The number of nitrogens with zero attached hydrogens (tertiary/aromatic N) is 2. The van der Waals surface area contributed by atoms with Gasteiger partial charge in [0.15, 0.2) is 0 Å². The van der Waals surface area contributed by atoms with E-state index in [4.69, 9.17) is 4.74 Å². The van der Waals surface area contributed by atoms with Crippen LogP contribution in [0.5, 0.6) is 0 Å². The molecule has 0 spiro atoms. The SMILES string of the molecule is CCCN(CCN(C)C)CC(C)(NCC)C(=O)OCC. The highest BCUT2D eigenvalue weighted by Gasteiger charge is 2.35. The van der Waals surface area contributed by atoms with Gasteiger partial charge in [0, 0.05) is 19.6 Å². The molecule has 0 saturated heterocycles. The van der Waals surface area contributed by atoms with E-state index in [1.54, 1.807) is 0 Å². The fourth-order valence-electron chi connectivity index (χ4n) is 2.25. The van der Waals surface area contributed by atoms with E-state index in [-0.39, 0.29) is 5.97 Å². The Labute approximate surface area is 124 Å². The molecule has 0 radical (unpaired) electrons. The van der Waals surface area contributed by atoms with Crippen LogP contribution in [-0.4, -0.2) is 74.7 Å². The lowest BCUT2D eigenvalue weighted by Gasteiger charge is -2.34. The molecule has 0 aliphatic heterocycles. The number of carbonyl (C=O) groups excluding carboxylic acids is 1. The van der Waals surface area contributed by atoms with Gasteiger partial charge in [0.25, 0.3) is 0 Å². The molecule has 1 unspecified atom stereocenters. The Balaban J connectivity index is 4.74. The van der Waals surface area contributed by atoms with E-state index < -0.39 is 5.54 Å². The van der Waals surface area contributed by atoms with Gasteiger partial charge in [-0.05, 0) is 47.5 Å². The molecule has 0 saturated carbocycles. The maximum Gasteiger partial charge on any atom is 0.327 e. The van der Waals surface area contributed by atoms with Crippen LogP contribution in [0.25, 0.3) is 0 Å². The average molecular weight is 287 g/mol. The first kappa shape index (κ1) is 19.4. The molecule has 1 atom stereocenters. The molecule has 0 heterocycles. The van der Waals surface area contributed by atoms with Crippen LogP contribution < -0.4 is 5.32 Å². The van der Waals surface area contributed by atoms with Gasteiger partial charge in [-0.25, -0.2) is 0 Å². The van der Waals surface area contributed by atoms with Crippen LogP contribution in [0, 0.1) is 0 Å². The van der Waals surface area contributed by atoms with Crippen molar-refractivity contribution in [3.63, 3.8) is 0 Å². The number of esters is 1. The third-order valence-electron chi connectivity index (χ3n) is 3.24. The molecule has 0 aromatic heterocycles. The number of hydrogen-bond acceptors (Lipinski definition) is 5. The zero-order valence-corrected chi connectivity index (χ0v) is 14.2. The summed E-state index contributed by atoms with van der Waals surface area (Å²) in [6.07, 6.45) is 1.08. The molecular formula is C15H33N3O2. The van der Waals surface area contributed by atoms with Crippen LogP contribution >= 0.6 is 0 Å². The Hall–Kier alpha value is -0.650. The van der Waals surface area contributed by atoms with Crippen molar-refractivity contribution < 1.29 is 9.53 Å². The summed E-state index contributed by atoms with van der Waals surface area (Å²) in [5, 5.41) is 3.29. The maximum absolute atomic E-state index is 12.2. The summed E-state index contributed by atoms with van der Waals surface area (Å²) in [5.74, 6) is -0.159. The van der Waals surface area contributed by atoms with Crippen molar-refractivity contribution in [1.82, 2.24) is 15.1 Å². The largest absolute Gasteiger partial charge is 0.465 e. The van der Waals surface area contributed by atoms with E-state index in [0.29, 0.717) is 13.2 Å². The predicted molar refractivity (Wildman–Crippen MR) is 84.0 cm³/mol. The quantitative estimate of drug-likeness (QED) is 0.578. The Kier molecular flexibility index (Phi) is 9.80. The zero-order valence-electron chi connectivity index (χ0n) is 14.2. The molecule has 0 amide bonds. The van der Waals surface area contributed by atoms with Crippen LogP contribution in [0.2, 0.25) is 0 Å². The van der Waals surface area contributed by atoms with Crippen molar-refractivity contribution in [1.29, 1.82) is 0 Å². The molecule has 0 bridgehead atoms. The molecular weight excluding hydrogens is 254 g/mol. The van der Waals surface area contributed by atoms with E-state index in [2.05, 4.69) is 36.1 Å². The minimum atomic E-state index is -0.633. The normalized spacial score (nSPS) is 14.6. The van der Waals surface area contributed by atoms with Gasteiger partial charge in [-0.1, -0.05) is 13.8 Å². The Morgan fingerprint density at radius 2 is 1.80 bits per heavy atom. The van der Waals surface area contributed by atoms with Crippen LogP contribution in [0.1, 0.15) is 34.1 Å². The lowest BCUT2D eigenvalue weighted by Crippen LogP contribution is -2.58. The minimum Gasteiger partial charge on any atom is -0.465 e. The summed E-state index contributed by atoms with van der Waals surface area (Å²) in [6, 6.07) is 0. The molecule has 0 aliphatic carbocycles. The summed E-state index contributed by atoms with van der Waals surface area (Å²) < 4.78 is 5.23. The van der Waals surface area contributed by atoms with Gasteiger partial charge >= 0.3 is 5.97 Å². The lowest BCUT2D eigenvalue weighted by atomic mass is 10.0. The number of likely N-dealkylation sites (N-methyl/N-ethyl adjacent to an activating group) is 2. The first-order valence-electron chi connectivity index (χ1n) is 7.68. The van der Waals surface area contributed by atoms with Crippen molar-refractivity contribution >= 4 is 5.97 Å². The molecule has 0 rings (SSSR count). The summed E-state index contributed by atoms with van der Waals surface area (Å²) in [7, 11) is 4.14. The number of nitrogens with one attached hydrogen (secondary N) is 1. The summed E-state index contributed by atoms with van der Waals surface area (Å²) in [6.45, 7) is 12.8. The smallest absolute Gasteiger partial charge is 0.327 e. The average Bonchev–Trinajstić information content (AvgIpc) is 2.36. The summed E-state index contributed by atoms with van der Waals surface area (Å²) in [5.41, 5.74) is -0.633. The second kappa shape index (κ2) is 10.1. The Morgan fingerprint density at radius 3 is 2.25 bits per heavy atom. The number of carbonyl (C=O) groups is 1. The summed E-state index contributed by atoms with van der Waals surface area (Å²) >= 11 is 0. The fraction of sp³-hybridized carbons (Fsp3) is 0.933. The van der Waals surface area contributed by atoms with Crippen molar-refractivity contribution in [2.45, 2.75) is 39.7 Å². The molecule has 0 aliphatic rings. The van der Waals surface area contributed by atoms with Crippen molar-refractivity contribution in [2.75, 3.05) is 53.4 Å². The molecule has 0 aromatic carbocycles. The van der Waals surface area contributed by atoms with Crippen LogP contribution in [0.15, 0.2) is 0 Å². The number of rotatable bonds is 11. The van der Waals surface area contributed by atoms with Crippen LogP contribution in [0.4, 0.5) is 0 Å². The van der Waals surface area contributed by atoms with Crippen molar-refractivity contribution in [2.24, 2.45) is 0 Å². The highest BCUT2D eigenvalue weighted by molar-refractivity contribution is 5.80. The van der Waals surface area contributed by atoms with Crippen molar-refractivity contribution in [3.8, 4) is 0 Å². The molecule has 0 aromatic rings.